The highest BCUT2D eigenvalue weighted by Crippen LogP contribution is 2.51. The molecule has 2 saturated heterocycles. The van der Waals surface area contributed by atoms with Gasteiger partial charge in [-0.1, -0.05) is 66.7 Å². The van der Waals surface area contributed by atoms with Crippen molar-refractivity contribution in [2.75, 3.05) is 14.2 Å². The number of amides is 1. The van der Waals surface area contributed by atoms with Crippen LogP contribution in [-0.2, 0) is 40.5 Å². The highest BCUT2D eigenvalue weighted by Gasteiger charge is 2.70. The average molecular weight is 556 g/mol. The molecule has 3 aromatic carbocycles. The first-order chi connectivity index (χ1) is 18.2. The molecular weight excluding hydrogens is 526 g/mol. The number of carbonyl (C=O) groups excluding carboxylic acids is 1. The van der Waals surface area contributed by atoms with Gasteiger partial charge < -0.3 is 14.4 Å². The molecule has 1 amide bonds. The van der Waals surface area contributed by atoms with Gasteiger partial charge in [0.05, 0.1) is 21.0 Å². The van der Waals surface area contributed by atoms with Crippen LogP contribution in [-0.4, -0.2) is 64.2 Å². The monoisotopic (exact) mass is 555 g/mol. The van der Waals surface area contributed by atoms with Gasteiger partial charge in [0.1, 0.15) is 11.3 Å². The van der Waals surface area contributed by atoms with Gasteiger partial charge in [-0.25, -0.2) is 16.8 Å². The zero-order valence-corrected chi connectivity index (χ0v) is 22.6. The van der Waals surface area contributed by atoms with E-state index in [1.165, 1.54) is 43.4 Å². The molecule has 2 heterocycles. The Morgan fingerprint density at radius 1 is 0.737 bits per heavy atom. The fraction of sp³-hybridized carbons (Fsp3) is 0.321. The normalized spacial score (nSPS) is 24.9. The Kier molecular flexibility index (Phi) is 6.93. The molecule has 0 aromatic heterocycles. The zero-order valence-electron chi connectivity index (χ0n) is 21.0. The maximum absolute atomic E-state index is 14.4. The van der Waals surface area contributed by atoms with Crippen LogP contribution in [0.4, 0.5) is 0 Å². The first-order valence-corrected chi connectivity index (χ1v) is 15.3. The summed E-state index contributed by atoms with van der Waals surface area (Å²) in [5, 5.41) is -3.08. The van der Waals surface area contributed by atoms with E-state index in [0.29, 0.717) is 0 Å². The molecule has 10 heteroatoms. The molecule has 0 spiro atoms. The number of hydrogen-bond donors (Lipinski definition) is 0. The first-order valence-electron chi connectivity index (χ1n) is 12.2. The Morgan fingerprint density at radius 3 is 1.66 bits per heavy atom. The van der Waals surface area contributed by atoms with Crippen molar-refractivity contribution in [1.29, 1.82) is 0 Å². The van der Waals surface area contributed by atoms with E-state index in [1.54, 1.807) is 36.4 Å². The molecule has 1 saturated carbocycles. The molecule has 1 aliphatic carbocycles. The Hall–Kier alpha value is -3.05. The summed E-state index contributed by atoms with van der Waals surface area (Å²) in [5.41, 5.74) is 0.771. The van der Waals surface area contributed by atoms with E-state index < -0.39 is 53.8 Å². The first kappa shape index (κ1) is 26.6. The van der Waals surface area contributed by atoms with Crippen LogP contribution in [0.1, 0.15) is 12.0 Å². The van der Waals surface area contributed by atoms with Crippen molar-refractivity contribution in [3.8, 4) is 0 Å². The third-order valence-electron chi connectivity index (χ3n) is 7.67. The van der Waals surface area contributed by atoms with Gasteiger partial charge in [0, 0.05) is 27.2 Å². The number of carbonyl (C=O) groups is 1. The lowest BCUT2D eigenvalue weighted by Gasteiger charge is -2.59. The lowest BCUT2D eigenvalue weighted by molar-refractivity contribution is -0.277. The van der Waals surface area contributed by atoms with Crippen molar-refractivity contribution in [2.45, 2.75) is 45.1 Å². The molecule has 3 fully saturated rings. The van der Waals surface area contributed by atoms with Crippen molar-refractivity contribution < 1.29 is 31.1 Å². The quantitative estimate of drug-likeness (QED) is 0.393. The standard InChI is InChI=1S/C28H29NO7S2/c1-35-28(36-2)18-23-24(37(31,32)21-14-8-4-9-15-21)25(38(33,34)22-16-10-5-11-17-22)26(28)29(27(23)30)19-20-12-6-3-7-13-20/h3-17,23-26H,18-19H2,1-2H3/t23-,24-,25+,26+/m1/s1. The number of piperidine rings is 2. The van der Waals surface area contributed by atoms with E-state index in [0.717, 1.165) is 5.56 Å². The highest BCUT2D eigenvalue weighted by molar-refractivity contribution is 7.96. The number of benzene rings is 3. The summed E-state index contributed by atoms with van der Waals surface area (Å²) in [4.78, 5) is 15.3. The predicted octanol–water partition coefficient (Wildman–Crippen LogP) is 3.09. The molecule has 2 bridgehead atoms. The van der Waals surface area contributed by atoms with Crippen LogP contribution in [0, 0.1) is 5.92 Å². The van der Waals surface area contributed by atoms with Crippen LogP contribution in [0.25, 0.3) is 0 Å². The topological polar surface area (TPSA) is 107 Å². The molecule has 0 radical (unpaired) electrons. The van der Waals surface area contributed by atoms with E-state index in [-0.39, 0.29) is 22.8 Å². The van der Waals surface area contributed by atoms with E-state index in [1.807, 2.05) is 30.3 Å². The molecular formula is C28H29NO7S2. The van der Waals surface area contributed by atoms with E-state index >= 15 is 0 Å². The Morgan fingerprint density at radius 2 is 1.18 bits per heavy atom. The maximum atomic E-state index is 14.4. The molecule has 200 valence electrons. The third-order valence-corrected chi connectivity index (χ3v) is 12.3. The molecule has 8 nitrogen and oxygen atoms in total. The van der Waals surface area contributed by atoms with Crippen molar-refractivity contribution >= 4 is 25.6 Å². The Bertz CT molecular complexity index is 1510. The van der Waals surface area contributed by atoms with Gasteiger partial charge in [0.25, 0.3) is 0 Å². The zero-order chi connectivity index (χ0) is 27.1. The Labute approximate surface area is 223 Å². The second kappa shape index (κ2) is 9.92. The lowest BCUT2D eigenvalue weighted by atomic mass is 9.73. The highest BCUT2D eigenvalue weighted by atomic mass is 32.2. The maximum Gasteiger partial charge on any atom is 0.228 e. The third kappa shape index (κ3) is 4.16. The van der Waals surface area contributed by atoms with E-state index in [2.05, 4.69) is 0 Å². The summed E-state index contributed by atoms with van der Waals surface area (Å²) in [7, 11) is -5.79. The molecule has 38 heavy (non-hydrogen) atoms. The largest absolute Gasteiger partial charge is 0.351 e. The van der Waals surface area contributed by atoms with Crippen molar-refractivity contribution in [3.05, 3.63) is 96.6 Å². The van der Waals surface area contributed by atoms with Crippen LogP contribution >= 0.6 is 0 Å². The number of nitrogens with zero attached hydrogens (tertiary/aromatic N) is 1. The van der Waals surface area contributed by atoms with Gasteiger partial charge in [-0.2, -0.15) is 0 Å². The van der Waals surface area contributed by atoms with Crippen LogP contribution in [0.15, 0.2) is 101 Å². The number of ether oxygens (including phenoxy) is 2. The number of rotatable bonds is 8. The van der Waals surface area contributed by atoms with Crippen LogP contribution < -0.4 is 0 Å². The summed E-state index contributed by atoms with van der Waals surface area (Å²) in [6.07, 6.45) is -0.0909. The second-order valence-corrected chi connectivity index (χ2v) is 13.8. The van der Waals surface area contributed by atoms with Gasteiger partial charge in [-0.05, 0) is 29.8 Å². The van der Waals surface area contributed by atoms with Crippen LogP contribution in [0.5, 0.6) is 0 Å². The lowest BCUT2D eigenvalue weighted by Crippen LogP contribution is -2.78. The molecule has 0 unspecified atom stereocenters. The number of methoxy groups -OCH3 is 2. The number of sulfone groups is 2. The fourth-order valence-corrected chi connectivity index (χ4v) is 10.9. The van der Waals surface area contributed by atoms with Gasteiger partial charge in [0.2, 0.25) is 5.91 Å². The van der Waals surface area contributed by atoms with Crippen molar-refractivity contribution in [2.24, 2.45) is 5.92 Å². The summed E-state index contributed by atoms with van der Waals surface area (Å²) < 4.78 is 68.7. The molecule has 3 aromatic rings. The van der Waals surface area contributed by atoms with E-state index in [9.17, 15) is 21.6 Å². The number of fused-ring (bicyclic) bond motifs is 3. The van der Waals surface area contributed by atoms with Crippen molar-refractivity contribution in [1.82, 2.24) is 4.90 Å². The minimum atomic E-state index is -4.31. The molecule has 0 N–H and O–H groups in total. The molecule has 2 aliphatic heterocycles. The van der Waals surface area contributed by atoms with E-state index in [4.69, 9.17) is 9.47 Å². The summed E-state index contributed by atoms with van der Waals surface area (Å²) in [6, 6.07) is 23.3. The molecule has 4 atom stereocenters. The SMILES string of the molecule is COC1(OC)C[C@H]2C(=O)N(Cc3ccccc3)[C@H]1[C@@H](S(=O)(=O)c1ccccc1)[C@@H]2S(=O)(=O)c1ccccc1. The van der Waals surface area contributed by atoms with Gasteiger partial charge in [-0.3, -0.25) is 4.79 Å². The van der Waals surface area contributed by atoms with Gasteiger partial charge in [0.15, 0.2) is 25.5 Å². The summed E-state index contributed by atoms with van der Waals surface area (Å²) in [6.45, 7) is 0.0776. The minimum absolute atomic E-state index is 0.0287. The predicted molar refractivity (Wildman–Crippen MR) is 140 cm³/mol. The molecule has 6 rings (SSSR count). The van der Waals surface area contributed by atoms with Crippen LogP contribution in [0.2, 0.25) is 0 Å². The minimum Gasteiger partial charge on any atom is -0.351 e. The second-order valence-electron chi connectivity index (χ2n) is 9.57. The van der Waals surface area contributed by atoms with Gasteiger partial charge >= 0.3 is 0 Å². The average Bonchev–Trinajstić information content (AvgIpc) is 2.95. The van der Waals surface area contributed by atoms with Crippen LogP contribution in [0.3, 0.4) is 0 Å². The Balaban J connectivity index is 1.76. The summed E-state index contributed by atoms with van der Waals surface area (Å²) in [5.74, 6) is -3.17. The fourth-order valence-electron chi connectivity index (χ4n) is 5.92. The van der Waals surface area contributed by atoms with Gasteiger partial charge in [-0.15, -0.1) is 0 Å². The summed E-state index contributed by atoms with van der Waals surface area (Å²) >= 11 is 0. The molecule has 3 aliphatic rings. The smallest absolute Gasteiger partial charge is 0.228 e. The number of hydrogen-bond acceptors (Lipinski definition) is 7. The van der Waals surface area contributed by atoms with Crippen molar-refractivity contribution in [3.63, 3.8) is 0 Å².